The number of rotatable bonds is 6. The fourth-order valence-electron chi connectivity index (χ4n) is 2.96. The monoisotopic (exact) mass is 338 g/mol. The Kier molecular flexibility index (Phi) is 4.76. The number of carbonyl (C=O) groups is 2. The molecule has 2 rings (SSSR count). The molecular weight excluding hydrogens is 316 g/mol. The Morgan fingerprint density at radius 3 is 2.61 bits per heavy atom. The number of carboxylic acid groups (broad SMARTS) is 1. The summed E-state index contributed by atoms with van der Waals surface area (Å²) in [4.78, 5) is 23.5. The number of aliphatic carboxylic acids is 1. The maximum absolute atomic E-state index is 12.6. The van der Waals surface area contributed by atoms with Crippen LogP contribution in [0.1, 0.15) is 62.9 Å². The van der Waals surface area contributed by atoms with Crippen LogP contribution in [-0.2, 0) is 11.2 Å². The van der Waals surface area contributed by atoms with E-state index in [-0.39, 0.29) is 24.2 Å². The number of ether oxygens (including phenoxy) is 1. The van der Waals surface area contributed by atoms with Gasteiger partial charge >= 0.3 is 5.97 Å². The Morgan fingerprint density at radius 1 is 1.35 bits per heavy atom. The first kappa shape index (κ1) is 17.8. The maximum Gasteiger partial charge on any atom is 0.303 e. The molecule has 0 spiro atoms. The van der Waals surface area contributed by atoms with E-state index in [1.54, 1.807) is 6.07 Å². The fraction of sp³-hybridized carbons (Fsp3) is 0.556. The summed E-state index contributed by atoms with van der Waals surface area (Å²) < 4.78 is 5.92. The minimum Gasteiger partial charge on any atom is -0.486 e. The summed E-state index contributed by atoms with van der Waals surface area (Å²) in [7, 11) is 0. The van der Waals surface area contributed by atoms with Crippen molar-refractivity contribution in [2.24, 2.45) is 5.41 Å². The molecule has 0 atom stereocenters. The van der Waals surface area contributed by atoms with Gasteiger partial charge in [0.15, 0.2) is 5.78 Å². The molecule has 1 heterocycles. The fourth-order valence-corrected chi connectivity index (χ4v) is 3.21. The second-order valence-electron chi connectivity index (χ2n) is 7.64. The van der Waals surface area contributed by atoms with Crippen molar-refractivity contribution in [3.8, 4) is 5.75 Å². The smallest absolute Gasteiger partial charge is 0.303 e. The van der Waals surface area contributed by atoms with Crippen molar-refractivity contribution in [3.63, 3.8) is 0 Å². The number of carbonyl (C=O) groups excluding carboxylic acids is 1. The molecule has 0 saturated carbocycles. The average Bonchev–Trinajstić information content (AvgIpc) is 2.67. The summed E-state index contributed by atoms with van der Waals surface area (Å²) >= 11 is 6.14. The van der Waals surface area contributed by atoms with Crippen LogP contribution in [-0.4, -0.2) is 22.5 Å². The summed E-state index contributed by atoms with van der Waals surface area (Å²) in [6.07, 6.45) is 1.53. The first-order valence-corrected chi connectivity index (χ1v) is 8.13. The number of halogens is 1. The lowest BCUT2D eigenvalue weighted by Crippen LogP contribution is -2.25. The molecule has 4 nitrogen and oxygen atoms in total. The Labute approximate surface area is 141 Å². The SMILES string of the molecule is CC(C)(CCC(=O)c1cc(Cl)cc2c1OC(C)(C)C2)CC(=O)O. The third-order valence-electron chi connectivity index (χ3n) is 4.08. The molecule has 0 amide bonds. The van der Waals surface area contributed by atoms with Crippen LogP contribution in [0, 0.1) is 5.41 Å². The molecular formula is C18H23ClO4. The van der Waals surface area contributed by atoms with Crippen LogP contribution in [0.5, 0.6) is 5.75 Å². The van der Waals surface area contributed by atoms with Gasteiger partial charge in [0.1, 0.15) is 11.4 Å². The minimum absolute atomic E-state index is 0.0392. The second kappa shape index (κ2) is 6.16. The first-order valence-electron chi connectivity index (χ1n) is 7.76. The van der Waals surface area contributed by atoms with Crippen LogP contribution in [0.15, 0.2) is 12.1 Å². The van der Waals surface area contributed by atoms with E-state index in [4.69, 9.17) is 21.4 Å². The van der Waals surface area contributed by atoms with Gasteiger partial charge in [0, 0.05) is 23.4 Å². The van der Waals surface area contributed by atoms with E-state index in [0.717, 1.165) is 5.56 Å². The molecule has 0 unspecified atom stereocenters. The second-order valence-corrected chi connectivity index (χ2v) is 8.07. The Hall–Kier alpha value is -1.55. The summed E-state index contributed by atoms with van der Waals surface area (Å²) in [6.45, 7) is 7.67. The molecule has 0 radical (unpaired) electrons. The van der Waals surface area contributed by atoms with Gasteiger partial charge in [-0.1, -0.05) is 25.4 Å². The molecule has 0 aromatic heterocycles. The van der Waals surface area contributed by atoms with Gasteiger partial charge in [0.2, 0.25) is 0 Å². The molecule has 1 N–H and O–H groups in total. The summed E-state index contributed by atoms with van der Waals surface area (Å²) in [5.74, 6) is -0.281. The quantitative estimate of drug-likeness (QED) is 0.775. The van der Waals surface area contributed by atoms with E-state index in [1.165, 1.54) is 0 Å². The van der Waals surface area contributed by atoms with Crippen LogP contribution in [0.25, 0.3) is 0 Å². The Morgan fingerprint density at radius 2 is 2.00 bits per heavy atom. The lowest BCUT2D eigenvalue weighted by Gasteiger charge is -2.22. The van der Waals surface area contributed by atoms with Gasteiger partial charge in [-0.2, -0.15) is 0 Å². The largest absolute Gasteiger partial charge is 0.486 e. The molecule has 0 fully saturated rings. The zero-order valence-electron chi connectivity index (χ0n) is 14.0. The molecule has 5 heteroatoms. The van der Waals surface area contributed by atoms with Crippen molar-refractivity contribution < 1.29 is 19.4 Å². The standard InChI is InChI=1S/C18H23ClO4/c1-17(2,10-15(21)22)6-5-14(20)13-8-12(19)7-11-9-18(3,4)23-16(11)13/h7-8H,5-6,9-10H2,1-4H3,(H,21,22). The Balaban J connectivity index is 2.17. The van der Waals surface area contributed by atoms with E-state index in [0.29, 0.717) is 29.2 Å². The molecule has 1 aromatic carbocycles. The number of Topliss-reactive ketones (excluding diaryl/α,β-unsaturated/α-hetero) is 1. The van der Waals surface area contributed by atoms with Crippen molar-refractivity contribution in [2.45, 2.75) is 59.0 Å². The van der Waals surface area contributed by atoms with Crippen LogP contribution >= 0.6 is 11.6 Å². The Bertz CT molecular complexity index is 647. The number of ketones is 1. The predicted octanol–water partition coefficient (Wildman–Crippen LogP) is 4.52. The van der Waals surface area contributed by atoms with Crippen LogP contribution < -0.4 is 4.74 Å². The molecule has 1 aromatic rings. The molecule has 126 valence electrons. The zero-order chi connectivity index (χ0) is 17.4. The third-order valence-corrected chi connectivity index (χ3v) is 4.30. The number of fused-ring (bicyclic) bond motifs is 1. The van der Waals surface area contributed by atoms with Gasteiger partial charge in [-0.3, -0.25) is 9.59 Å². The highest BCUT2D eigenvalue weighted by molar-refractivity contribution is 6.31. The number of hydrogen-bond acceptors (Lipinski definition) is 3. The van der Waals surface area contributed by atoms with Gasteiger partial charge in [0.25, 0.3) is 0 Å². The lowest BCUT2D eigenvalue weighted by molar-refractivity contribution is -0.139. The van der Waals surface area contributed by atoms with Crippen molar-refractivity contribution in [1.29, 1.82) is 0 Å². The normalized spacial score (nSPS) is 15.9. The van der Waals surface area contributed by atoms with Crippen LogP contribution in [0.3, 0.4) is 0 Å². The van der Waals surface area contributed by atoms with E-state index in [9.17, 15) is 9.59 Å². The van der Waals surface area contributed by atoms with Gasteiger partial charge in [0.05, 0.1) is 12.0 Å². The molecule has 0 saturated heterocycles. The van der Waals surface area contributed by atoms with Crippen molar-refractivity contribution in [1.82, 2.24) is 0 Å². The molecule has 1 aliphatic heterocycles. The maximum atomic E-state index is 12.6. The summed E-state index contributed by atoms with van der Waals surface area (Å²) in [5.41, 5.74) is 0.688. The first-order chi connectivity index (χ1) is 10.5. The molecule has 0 aliphatic carbocycles. The van der Waals surface area contributed by atoms with Gasteiger partial charge in [-0.15, -0.1) is 0 Å². The van der Waals surface area contributed by atoms with E-state index in [2.05, 4.69) is 0 Å². The zero-order valence-corrected chi connectivity index (χ0v) is 14.8. The summed E-state index contributed by atoms with van der Waals surface area (Å²) in [5, 5.41) is 9.46. The molecule has 0 bridgehead atoms. The summed E-state index contributed by atoms with van der Waals surface area (Å²) in [6, 6.07) is 3.49. The van der Waals surface area contributed by atoms with E-state index in [1.807, 2.05) is 33.8 Å². The molecule has 23 heavy (non-hydrogen) atoms. The number of benzene rings is 1. The van der Waals surface area contributed by atoms with E-state index < -0.39 is 11.4 Å². The van der Waals surface area contributed by atoms with Gasteiger partial charge in [-0.25, -0.2) is 0 Å². The van der Waals surface area contributed by atoms with Gasteiger partial charge in [-0.05, 0) is 37.8 Å². The van der Waals surface area contributed by atoms with Crippen molar-refractivity contribution in [3.05, 3.63) is 28.3 Å². The van der Waals surface area contributed by atoms with Gasteiger partial charge < -0.3 is 9.84 Å². The van der Waals surface area contributed by atoms with Crippen LogP contribution in [0.4, 0.5) is 0 Å². The number of hydrogen-bond donors (Lipinski definition) is 1. The molecule has 1 aliphatic rings. The van der Waals surface area contributed by atoms with Crippen molar-refractivity contribution >= 4 is 23.4 Å². The third kappa shape index (κ3) is 4.47. The lowest BCUT2D eigenvalue weighted by atomic mass is 9.83. The number of carboxylic acids is 1. The van der Waals surface area contributed by atoms with Crippen molar-refractivity contribution in [2.75, 3.05) is 0 Å². The highest BCUT2D eigenvalue weighted by Gasteiger charge is 2.34. The van der Waals surface area contributed by atoms with Crippen LogP contribution in [0.2, 0.25) is 5.02 Å². The predicted molar refractivity (Wildman–Crippen MR) is 89.5 cm³/mol. The minimum atomic E-state index is -0.851. The van der Waals surface area contributed by atoms with E-state index >= 15 is 0 Å². The topological polar surface area (TPSA) is 63.6 Å². The highest BCUT2D eigenvalue weighted by Crippen LogP contribution is 2.40. The highest BCUT2D eigenvalue weighted by atomic mass is 35.5. The average molecular weight is 339 g/mol.